The molecule has 0 heterocycles. The minimum absolute atomic E-state index is 0.0949. The maximum atomic E-state index is 11.2. The van der Waals surface area contributed by atoms with Gasteiger partial charge in [0.25, 0.3) is 0 Å². The molecule has 4 rings (SSSR count). The van der Waals surface area contributed by atoms with Crippen molar-refractivity contribution in [2.75, 3.05) is 0 Å². The van der Waals surface area contributed by atoms with Crippen molar-refractivity contribution >= 4 is 5.97 Å². The summed E-state index contributed by atoms with van der Waals surface area (Å²) in [6, 6.07) is 0. The zero-order chi connectivity index (χ0) is 13.6. The summed E-state index contributed by atoms with van der Waals surface area (Å²) >= 11 is 0. The summed E-state index contributed by atoms with van der Waals surface area (Å²) in [6.45, 7) is 5.68. The molecule has 4 saturated carbocycles. The van der Waals surface area contributed by atoms with Crippen molar-refractivity contribution in [3.63, 3.8) is 0 Å². The van der Waals surface area contributed by atoms with E-state index in [0.29, 0.717) is 17.4 Å². The summed E-state index contributed by atoms with van der Waals surface area (Å²) in [6.07, 6.45) is 11.7. The molecule has 0 spiro atoms. The third-order valence-electron chi connectivity index (χ3n) is 5.98. The zero-order valence-electron chi connectivity index (χ0n) is 11.8. The van der Waals surface area contributed by atoms with Crippen LogP contribution in [0.4, 0.5) is 0 Å². The van der Waals surface area contributed by atoms with Gasteiger partial charge < -0.3 is 5.11 Å². The summed E-state index contributed by atoms with van der Waals surface area (Å²) in [7, 11) is 0. The minimum atomic E-state index is -0.766. The van der Waals surface area contributed by atoms with Crippen molar-refractivity contribution in [3.05, 3.63) is 24.3 Å². The summed E-state index contributed by atoms with van der Waals surface area (Å²) < 4.78 is 0. The van der Waals surface area contributed by atoms with Crippen molar-refractivity contribution in [3.8, 4) is 0 Å². The van der Waals surface area contributed by atoms with Gasteiger partial charge in [-0.05, 0) is 74.5 Å². The largest absolute Gasteiger partial charge is 0.478 e. The number of allylic oxidation sites excluding steroid dienone is 2. The van der Waals surface area contributed by atoms with Crippen molar-refractivity contribution < 1.29 is 9.90 Å². The molecule has 0 saturated heterocycles. The number of aliphatic carboxylic acids is 1. The Bertz CT molecular complexity index is 405. The number of carboxylic acids is 1. The molecule has 4 bridgehead atoms. The van der Waals surface area contributed by atoms with Crippen molar-refractivity contribution in [1.29, 1.82) is 0 Å². The van der Waals surface area contributed by atoms with E-state index < -0.39 is 5.97 Å². The van der Waals surface area contributed by atoms with E-state index in [0.717, 1.165) is 18.3 Å². The molecule has 0 aromatic heterocycles. The van der Waals surface area contributed by atoms with Gasteiger partial charge in [-0.25, -0.2) is 4.79 Å². The lowest BCUT2D eigenvalue weighted by atomic mass is 9.44. The Balaban J connectivity index is 1.98. The molecule has 19 heavy (non-hydrogen) atoms. The molecule has 0 radical (unpaired) electrons. The minimum Gasteiger partial charge on any atom is -0.478 e. The fourth-order valence-corrected chi connectivity index (χ4v) is 5.40. The highest BCUT2D eigenvalue weighted by atomic mass is 16.4. The lowest BCUT2D eigenvalue weighted by Gasteiger charge is -2.60. The van der Waals surface area contributed by atoms with Gasteiger partial charge in [0.2, 0.25) is 0 Å². The smallest absolute Gasteiger partial charge is 0.330 e. The first-order chi connectivity index (χ1) is 9.05. The fourth-order valence-electron chi connectivity index (χ4n) is 5.40. The van der Waals surface area contributed by atoms with Crippen LogP contribution in [0, 0.1) is 29.1 Å². The molecule has 0 atom stereocenters. The number of rotatable bonds is 4. The third-order valence-corrected chi connectivity index (χ3v) is 5.98. The normalized spacial score (nSPS) is 44.4. The van der Waals surface area contributed by atoms with Gasteiger partial charge in [-0.15, -0.1) is 6.58 Å². The van der Waals surface area contributed by atoms with Crippen LogP contribution >= 0.6 is 0 Å². The van der Waals surface area contributed by atoms with E-state index in [-0.39, 0.29) is 5.41 Å². The van der Waals surface area contributed by atoms with Gasteiger partial charge in [-0.2, -0.15) is 0 Å². The van der Waals surface area contributed by atoms with Crippen LogP contribution in [0.15, 0.2) is 24.3 Å². The van der Waals surface area contributed by atoms with Crippen LogP contribution in [0.25, 0.3) is 0 Å². The highest BCUT2D eigenvalue weighted by Crippen LogP contribution is 2.64. The van der Waals surface area contributed by atoms with Crippen LogP contribution < -0.4 is 0 Å². The second-order valence-corrected chi connectivity index (χ2v) is 7.04. The van der Waals surface area contributed by atoms with Crippen molar-refractivity contribution in [2.45, 2.75) is 45.4 Å². The SMILES string of the molecule is C=CCC1(C=C(C)C(=O)O)C2CC3CC(C2)CC1C3. The first-order valence-corrected chi connectivity index (χ1v) is 7.58. The lowest BCUT2D eigenvalue weighted by Crippen LogP contribution is -2.52. The summed E-state index contributed by atoms with van der Waals surface area (Å²) in [4.78, 5) is 11.2. The van der Waals surface area contributed by atoms with Crippen LogP contribution in [0.1, 0.15) is 45.4 Å². The van der Waals surface area contributed by atoms with Gasteiger partial charge in [0, 0.05) is 5.57 Å². The fraction of sp³-hybridized carbons (Fsp3) is 0.706. The maximum absolute atomic E-state index is 11.2. The first-order valence-electron chi connectivity index (χ1n) is 7.58. The Morgan fingerprint density at radius 3 is 2.16 bits per heavy atom. The molecule has 4 aliphatic rings. The molecule has 0 unspecified atom stereocenters. The molecule has 0 aromatic carbocycles. The Morgan fingerprint density at radius 2 is 1.74 bits per heavy atom. The molecule has 0 aliphatic heterocycles. The second kappa shape index (κ2) is 4.50. The van der Waals surface area contributed by atoms with E-state index in [1.165, 1.54) is 32.1 Å². The number of carboxylic acid groups (broad SMARTS) is 1. The van der Waals surface area contributed by atoms with Crippen molar-refractivity contribution in [2.24, 2.45) is 29.1 Å². The van der Waals surface area contributed by atoms with Gasteiger partial charge in [-0.3, -0.25) is 0 Å². The quantitative estimate of drug-likeness (QED) is 0.612. The van der Waals surface area contributed by atoms with Crippen LogP contribution in [0.2, 0.25) is 0 Å². The van der Waals surface area contributed by atoms with Gasteiger partial charge >= 0.3 is 5.97 Å². The van der Waals surface area contributed by atoms with Gasteiger partial charge in [0.05, 0.1) is 0 Å². The molecule has 0 aromatic rings. The number of hydrogen-bond donors (Lipinski definition) is 1. The number of carbonyl (C=O) groups is 1. The average molecular weight is 260 g/mol. The Morgan fingerprint density at radius 1 is 1.21 bits per heavy atom. The second-order valence-electron chi connectivity index (χ2n) is 7.04. The molecular weight excluding hydrogens is 236 g/mol. The van der Waals surface area contributed by atoms with E-state index in [4.69, 9.17) is 0 Å². The maximum Gasteiger partial charge on any atom is 0.330 e. The lowest BCUT2D eigenvalue weighted by molar-refractivity contribution is -0.132. The molecule has 2 nitrogen and oxygen atoms in total. The molecule has 2 heteroatoms. The van der Waals surface area contributed by atoms with Crippen LogP contribution in [0.3, 0.4) is 0 Å². The molecule has 104 valence electrons. The predicted molar refractivity (Wildman–Crippen MR) is 75.7 cm³/mol. The molecule has 1 N–H and O–H groups in total. The van der Waals surface area contributed by atoms with Gasteiger partial charge in [0.15, 0.2) is 0 Å². The third kappa shape index (κ3) is 1.96. The van der Waals surface area contributed by atoms with E-state index >= 15 is 0 Å². The molecule has 0 amide bonds. The van der Waals surface area contributed by atoms with E-state index in [1.54, 1.807) is 6.92 Å². The number of hydrogen-bond acceptors (Lipinski definition) is 1. The van der Waals surface area contributed by atoms with Crippen LogP contribution in [0.5, 0.6) is 0 Å². The first kappa shape index (κ1) is 13.0. The summed E-state index contributed by atoms with van der Waals surface area (Å²) in [5, 5.41) is 9.23. The zero-order valence-corrected chi connectivity index (χ0v) is 11.8. The Labute approximate surface area is 115 Å². The topological polar surface area (TPSA) is 37.3 Å². The average Bonchev–Trinajstić information content (AvgIpc) is 2.34. The van der Waals surface area contributed by atoms with Crippen LogP contribution in [-0.2, 0) is 4.79 Å². The summed E-state index contributed by atoms with van der Waals surface area (Å²) in [5.74, 6) is 2.45. The van der Waals surface area contributed by atoms with Crippen LogP contribution in [-0.4, -0.2) is 11.1 Å². The molecular formula is C17H24O2. The summed E-state index contributed by atoms with van der Waals surface area (Å²) in [5.41, 5.74) is 0.617. The highest BCUT2D eigenvalue weighted by Gasteiger charge is 2.55. The highest BCUT2D eigenvalue weighted by molar-refractivity contribution is 5.86. The van der Waals surface area contributed by atoms with E-state index in [1.807, 2.05) is 6.08 Å². The van der Waals surface area contributed by atoms with Gasteiger partial charge in [0.1, 0.15) is 0 Å². The van der Waals surface area contributed by atoms with Gasteiger partial charge in [-0.1, -0.05) is 12.2 Å². The molecule has 4 aliphatic carbocycles. The predicted octanol–water partition coefficient (Wildman–Crippen LogP) is 4.04. The van der Waals surface area contributed by atoms with Crippen molar-refractivity contribution in [1.82, 2.24) is 0 Å². The van der Waals surface area contributed by atoms with E-state index in [2.05, 4.69) is 12.7 Å². The van der Waals surface area contributed by atoms with E-state index in [9.17, 15) is 9.90 Å². The molecule has 4 fully saturated rings. The standard InChI is InChI=1S/C17H24O2/c1-3-4-17(10-11(2)16(18)19)14-6-12-5-13(8-14)9-15(17)7-12/h3,10,12-15H,1,4-9H2,2H3,(H,18,19). The Hall–Kier alpha value is -1.05. The Kier molecular flexibility index (Phi) is 3.07. The monoisotopic (exact) mass is 260 g/mol.